The van der Waals surface area contributed by atoms with Crippen molar-refractivity contribution in [1.82, 2.24) is 14.7 Å². The van der Waals surface area contributed by atoms with Gasteiger partial charge in [-0.2, -0.15) is 18.3 Å². The largest absolute Gasteiger partial charge is 0.497 e. The summed E-state index contributed by atoms with van der Waals surface area (Å²) in [4.78, 5) is 17.0. The molecule has 0 bridgehead atoms. The first-order chi connectivity index (χ1) is 19.0. The van der Waals surface area contributed by atoms with E-state index in [0.29, 0.717) is 41.6 Å². The predicted molar refractivity (Wildman–Crippen MR) is 144 cm³/mol. The van der Waals surface area contributed by atoms with Crippen LogP contribution in [0.1, 0.15) is 46.6 Å². The fourth-order valence-electron chi connectivity index (χ4n) is 5.09. The van der Waals surface area contributed by atoms with Gasteiger partial charge in [-0.1, -0.05) is 0 Å². The Balaban J connectivity index is 1.51. The minimum atomic E-state index is -4.73. The van der Waals surface area contributed by atoms with E-state index >= 15 is 0 Å². The second kappa shape index (κ2) is 10.6. The van der Waals surface area contributed by atoms with E-state index in [1.54, 1.807) is 36.4 Å². The van der Waals surface area contributed by atoms with E-state index in [4.69, 9.17) is 4.74 Å². The first kappa shape index (κ1) is 27.7. The van der Waals surface area contributed by atoms with E-state index < -0.39 is 27.8 Å². The molecule has 0 spiro atoms. The van der Waals surface area contributed by atoms with Crippen molar-refractivity contribution in [3.63, 3.8) is 0 Å². The molecule has 0 N–H and O–H groups in total. The number of methoxy groups -OCH3 is 1. The number of alkyl halides is 3. The highest BCUT2D eigenvalue weighted by Crippen LogP contribution is 2.37. The molecule has 0 saturated carbocycles. The highest BCUT2D eigenvalue weighted by molar-refractivity contribution is 7.89. The third kappa shape index (κ3) is 5.55. The van der Waals surface area contributed by atoms with E-state index in [0.717, 1.165) is 30.2 Å². The number of amides is 1. The number of benzene rings is 2. The number of anilines is 1. The average Bonchev–Trinajstić information content (AvgIpc) is 3.34. The molecule has 212 valence electrons. The van der Waals surface area contributed by atoms with Gasteiger partial charge in [0.15, 0.2) is 5.69 Å². The average molecular weight is 576 g/mol. The molecule has 1 fully saturated rings. The number of piperidine rings is 1. The van der Waals surface area contributed by atoms with E-state index in [1.165, 1.54) is 24.1 Å². The molecule has 1 amide bonds. The number of aromatic nitrogens is 2. The fourth-order valence-corrected chi connectivity index (χ4v) is 5.63. The third-order valence-corrected chi connectivity index (χ3v) is 7.45. The summed E-state index contributed by atoms with van der Waals surface area (Å²) in [5, 5.41) is 3.82. The summed E-state index contributed by atoms with van der Waals surface area (Å²) >= 11 is 0. The second-order valence-corrected chi connectivity index (χ2v) is 11.4. The highest BCUT2D eigenvalue weighted by Gasteiger charge is 2.43. The number of rotatable bonds is 5. The molecule has 9 nitrogen and oxygen atoms in total. The van der Waals surface area contributed by atoms with Crippen LogP contribution in [0.5, 0.6) is 5.75 Å². The van der Waals surface area contributed by atoms with Crippen molar-refractivity contribution in [2.75, 3.05) is 37.9 Å². The number of fused-ring (bicyclic) bond motifs is 1. The lowest BCUT2D eigenvalue weighted by molar-refractivity contribution is -0.141. The smallest absolute Gasteiger partial charge is 0.435 e. The van der Waals surface area contributed by atoms with Gasteiger partial charge in [-0.05, 0) is 74.2 Å². The standard InChI is InChI=1S/C27H28F3N5O4S/c1-39-21-12-10-20(11-13-21)35-23-22(24(31-35)27(28,29)30)14-17-34(26(23)36)19-8-6-18(7-9-19)25(32-40(2,37)38)33-15-4-3-5-16-33/h6-13H,3-5,14-17H2,1-2H3/b32-25-. The van der Waals surface area contributed by atoms with Crippen LogP contribution >= 0.6 is 0 Å². The van der Waals surface area contributed by atoms with Crippen LogP contribution in [0.15, 0.2) is 52.9 Å². The number of amidine groups is 1. The highest BCUT2D eigenvalue weighted by atomic mass is 32.2. The number of carbonyl (C=O) groups excluding carboxylic acids is 1. The Kier molecular flexibility index (Phi) is 7.34. The third-order valence-electron chi connectivity index (χ3n) is 6.95. The van der Waals surface area contributed by atoms with Crippen LogP contribution in [-0.2, 0) is 22.6 Å². The van der Waals surface area contributed by atoms with Crippen LogP contribution in [-0.4, -0.2) is 67.8 Å². The first-order valence-corrected chi connectivity index (χ1v) is 14.6. The number of carbonyl (C=O) groups is 1. The van der Waals surface area contributed by atoms with E-state index in [1.807, 2.05) is 4.90 Å². The Hall–Kier alpha value is -3.87. The van der Waals surface area contributed by atoms with Gasteiger partial charge >= 0.3 is 6.18 Å². The Labute approximate surface area is 229 Å². The van der Waals surface area contributed by atoms with Crippen LogP contribution in [0.25, 0.3) is 5.69 Å². The predicted octanol–water partition coefficient (Wildman–Crippen LogP) is 4.29. The topological polar surface area (TPSA) is 97.1 Å². The molecule has 2 aliphatic rings. The number of nitrogens with zero attached hydrogens (tertiary/aromatic N) is 5. The van der Waals surface area contributed by atoms with Crippen molar-refractivity contribution in [1.29, 1.82) is 0 Å². The maximum Gasteiger partial charge on any atom is 0.435 e. The van der Waals surface area contributed by atoms with Gasteiger partial charge in [-0.3, -0.25) is 4.79 Å². The van der Waals surface area contributed by atoms with E-state index in [2.05, 4.69) is 9.50 Å². The second-order valence-electron chi connectivity index (χ2n) is 9.73. The van der Waals surface area contributed by atoms with Gasteiger partial charge in [0.2, 0.25) is 0 Å². The van der Waals surface area contributed by atoms with Gasteiger partial charge in [0, 0.05) is 36.4 Å². The maximum absolute atomic E-state index is 13.9. The Morgan fingerprint density at radius 3 is 2.15 bits per heavy atom. The summed E-state index contributed by atoms with van der Waals surface area (Å²) in [6.45, 7) is 1.39. The van der Waals surface area contributed by atoms with Crippen LogP contribution in [0.3, 0.4) is 0 Å². The Bertz CT molecular complexity index is 1540. The summed E-state index contributed by atoms with van der Waals surface area (Å²) in [6, 6.07) is 12.9. The minimum absolute atomic E-state index is 0.0268. The summed E-state index contributed by atoms with van der Waals surface area (Å²) in [5.74, 6) is 0.236. The van der Waals surface area contributed by atoms with Crippen LogP contribution in [0.2, 0.25) is 0 Å². The molecule has 3 heterocycles. The van der Waals surface area contributed by atoms with Crippen molar-refractivity contribution >= 4 is 27.5 Å². The van der Waals surface area contributed by atoms with Crippen molar-refractivity contribution in [2.45, 2.75) is 31.9 Å². The van der Waals surface area contributed by atoms with Crippen molar-refractivity contribution in [3.8, 4) is 11.4 Å². The number of ether oxygens (including phenoxy) is 1. The van der Waals surface area contributed by atoms with Gasteiger partial charge in [0.25, 0.3) is 15.9 Å². The van der Waals surface area contributed by atoms with Crippen molar-refractivity contribution in [2.24, 2.45) is 4.40 Å². The van der Waals surface area contributed by atoms with Crippen molar-refractivity contribution < 1.29 is 31.1 Å². The molecule has 0 aliphatic carbocycles. The zero-order valence-corrected chi connectivity index (χ0v) is 22.8. The minimum Gasteiger partial charge on any atom is -0.497 e. The zero-order chi connectivity index (χ0) is 28.7. The number of sulfonamides is 1. The van der Waals surface area contributed by atoms with E-state index in [-0.39, 0.29) is 24.2 Å². The number of hydrogen-bond donors (Lipinski definition) is 0. The molecule has 0 radical (unpaired) electrons. The Morgan fingerprint density at radius 2 is 1.57 bits per heavy atom. The van der Waals surface area contributed by atoms with Crippen molar-refractivity contribution in [3.05, 3.63) is 71.0 Å². The normalized spacial score (nSPS) is 16.7. The lowest BCUT2D eigenvalue weighted by atomic mass is 10.0. The van der Waals surface area contributed by atoms with Gasteiger partial charge in [0.05, 0.1) is 19.1 Å². The SMILES string of the molecule is COc1ccc(-n2nc(C(F)(F)F)c3c2C(=O)N(c2ccc(/C(=N/S(C)(=O)=O)N4CCCCC4)cc2)CC3)cc1. The van der Waals surface area contributed by atoms with Gasteiger partial charge in [-0.25, -0.2) is 13.1 Å². The quantitative estimate of drug-likeness (QED) is 0.333. The monoisotopic (exact) mass is 575 g/mol. The maximum atomic E-state index is 13.9. The summed E-state index contributed by atoms with van der Waals surface area (Å²) in [7, 11) is -2.19. The van der Waals surface area contributed by atoms with Gasteiger partial charge < -0.3 is 14.5 Å². The molecule has 5 rings (SSSR count). The molecular weight excluding hydrogens is 547 g/mol. The molecule has 0 atom stereocenters. The number of hydrogen-bond acceptors (Lipinski definition) is 5. The molecule has 0 unspecified atom stereocenters. The summed E-state index contributed by atoms with van der Waals surface area (Å²) in [5.41, 5.74) is -0.0444. The number of halogens is 3. The molecule has 1 saturated heterocycles. The molecular formula is C27H28F3N5O4S. The first-order valence-electron chi connectivity index (χ1n) is 12.8. The van der Waals surface area contributed by atoms with Gasteiger partial charge in [-0.15, -0.1) is 4.40 Å². The molecule has 40 heavy (non-hydrogen) atoms. The molecule has 3 aromatic rings. The summed E-state index contributed by atoms with van der Waals surface area (Å²) < 4.78 is 75.9. The fraction of sp³-hybridized carbons (Fsp3) is 0.370. The van der Waals surface area contributed by atoms with Crippen LogP contribution in [0.4, 0.5) is 18.9 Å². The molecule has 1 aromatic heterocycles. The van der Waals surface area contributed by atoms with E-state index in [9.17, 15) is 26.4 Å². The van der Waals surface area contributed by atoms with Gasteiger partial charge in [0.1, 0.15) is 17.3 Å². The lowest BCUT2D eigenvalue weighted by Gasteiger charge is -2.30. The van der Waals surface area contributed by atoms with Crippen LogP contribution in [0, 0.1) is 0 Å². The zero-order valence-electron chi connectivity index (χ0n) is 22.0. The number of likely N-dealkylation sites (tertiary alicyclic amines) is 1. The molecule has 2 aromatic carbocycles. The summed E-state index contributed by atoms with van der Waals surface area (Å²) in [6.07, 6.45) is -0.821. The lowest BCUT2D eigenvalue weighted by Crippen LogP contribution is -2.39. The molecule has 2 aliphatic heterocycles. The Morgan fingerprint density at radius 1 is 0.950 bits per heavy atom. The molecule has 13 heteroatoms. The van der Waals surface area contributed by atoms with Crippen LogP contribution < -0.4 is 9.64 Å².